The lowest BCUT2D eigenvalue weighted by Crippen LogP contribution is -2.32. The summed E-state index contributed by atoms with van der Waals surface area (Å²) in [5.41, 5.74) is 1.10. The molecule has 0 saturated carbocycles. The maximum absolute atomic E-state index is 12.7. The fraction of sp³-hybridized carbons (Fsp3) is 0.286. The molecule has 0 radical (unpaired) electrons. The number of aromatic nitrogens is 3. The lowest BCUT2D eigenvalue weighted by Gasteiger charge is -2.21. The second-order valence-electron chi connectivity index (χ2n) is 6.64. The van der Waals surface area contributed by atoms with E-state index in [0.717, 1.165) is 5.56 Å². The van der Waals surface area contributed by atoms with Crippen LogP contribution in [0, 0.1) is 0 Å². The van der Waals surface area contributed by atoms with Gasteiger partial charge in [0.1, 0.15) is 12.4 Å². The number of halogens is 1. The Balaban J connectivity index is 1.56. The van der Waals surface area contributed by atoms with E-state index in [1.54, 1.807) is 29.2 Å². The van der Waals surface area contributed by atoms with Gasteiger partial charge in [0.25, 0.3) is 0 Å². The molecule has 0 spiro atoms. The number of hydrogen-bond acceptors (Lipinski definition) is 5. The first-order valence-electron chi connectivity index (χ1n) is 9.16. The van der Waals surface area contributed by atoms with Crippen LogP contribution in [0.2, 0.25) is 5.02 Å². The van der Waals surface area contributed by atoms with E-state index in [-0.39, 0.29) is 17.8 Å². The zero-order valence-electron chi connectivity index (χ0n) is 16.6. The standard InChI is InChI=1S/C21H23ClN4O2S/c1-15(20(27)25(2)13-16-7-5-4-6-8-16)29-21-24-23-19(26(21)3)14-28-18-11-9-17(22)10-12-18/h4-12,15H,13-14H2,1-3H3. The van der Waals surface area contributed by atoms with E-state index in [0.29, 0.717) is 28.3 Å². The quantitative estimate of drug-likeness (QED) is 0.501. The van der Waals surface area contributed by atoms with Crippen molar-refractivity contribution in [3.05, 3.63) is 71.0 Å². The average molecular weight is 431 g/mol. The van der Waals surface area contributed by atoms with Crippen molar-refractivity contribution < 1.29 is 9.53 Å². The van der Waals surface area contributed by atoms with Crippen molar-refractivity contribution in [2.24, 2.45) is 7.05 Å². The molecule has 8 heteroatoms. The SMILES string of the molecule is CC(Sc1nnc(COc2ccc(Cl)cc2)n1C)C(=O)N(C)Cc1ccccc1. The monoisotopic (exact) mass is 430 g/mol. The summed E-state index contributed by atoms with van der Waals surface area (Å²) in [5.74, 6) is 1.43. The molecule has 1 aromatic heterocycles. The first-order valence-corrected chi connectivity index (χ1v) is 10.4. The molecular weight excluding hydrogens is 408 g/mol. The number of nitrogens with zero attached hydrogens (tertiary/aromatic N) is 4. The van der Waals surface area contributed by atoms with Crippen molar-refractivity contribution in [3.63, 3.8) is 0 Å². The topological polar surface area (TPSA) is 60.3 Å². The Morgan fingerprint density at radius 2 is 1.86 bits per heavy atom. The van der Waals surface area contributed by atoms with E-state index in [2.05, 4.69) is 10.2 Å². The molecule has 0 aliphatic carbocycles. The van der Waals surface area contributed by atoms with Gasteiger partial charge in [0, 0.05) is 25.7 Å². The highest BCUT2D eigenvalue weighted by atomic mass is 35.5. The third-order valence-corrected chi connectivity index (χ3v) is 5.75. The first-order chi connectivity index (χ1) is 13.9. The minimum Gasteiger partial charge on any atom is -0.486 e. The van der Waals surface area contributed by atoms with E-state index in [4.69, 9.17) is 16.3 Å². The third-order valence-electron chi connectivity index (χ3n) is 4.38. The van der Waals surface area contributed by atoms with Gasteiger partial charge in [-0.3, -0.25) is 4.79 Å². The molecule has 1 unspecified atom stereocenters. The van der Waals surface area contributed by atoms with Crippen LogP contribution in [0.15, 0.2) is 59.8 Å². The predicted octanol–water partition coefficient (Wildman–Crippen LogP) is 4.19. The summed E-state index contributed by atoms with van der Waals surface area (Å²) in [6, 6.07) is 17.1. The normalized spacial score (nSPS) is 11.9. The minimum atomic E-state index is -0.281. The third kappa shape index (κ3) is 5.74. The molecule has 0 fully saturated rings. The van der Waals surface area contributed by atoms with E-state index < -0.39 is 0 Å². The van der Waals surface area contributed by atoms with Crippen LogP contribution in [0.3, 0.4) is 0 Å². The molecular formula is C21H23ClN4O2S. The highest BCUT2D eigenvalue weighted by molar-refractivity contribution is 8.00. The van der Waals surface area contributed by atoms with Crippen molar-refractivity contribution in [1.82, 2.24) is 19.7 Å². The maximum Gasteiger partial charge on any atom is 0.235 e. The molecule has 0 aliphatic rings. The Hall–Kier alpha value is -2.51. The fourth-order valence-corrected chi connectivity index (χ4v) is 3.78. The lowest BCUT2D eigenvalue weighted by atomic mass is 10.2. The Bertz CT molecular complexity index is 947. The number of hydrogen-bond donors (Lipinski definition) is 0. The first kappa shape index (κ1) is 21.2. The molecule has 2 aromatic carbocycles. The summed E-state index contributed by atoms with van der Waals surface area (Å²) in [6.45, 7) is 2.73. The van der Waals surface area contributed by atoms with E-state index in [9.17, 15) is 4.79 Å². The molecule has 0 saturated heterocycles. The Labute approximate surface area is 179 Å². The summed E-state index contributed by atoms with van der Waals surface area (Å²) in [5, 5.41) is 9.45. The van der Waals surface area contributed by atoms with Gasteiger partial charge in [0.2, 0.25) is 5.91 Å². The molecule has 3 aromatic rings. The van der Waals surface area contributed by atoms with Crippen LogP contribution in [0.25, 0.3) is 0 Å². The molecule has 1 heterocycles. The second kappa shape index (κ2) is 9.80. The van der Waals surface area contributed by atoms with Gasteiger partial charge in [-0.15, -0.1) is 10.2 Å². The van der Waals surface area contributed by atoms with Crippen LogP contribution in [-0.2, 0) is 25.0 Å². The van der Waals surface area contributed by atoms with Crippen LogP contribution >= 0.6 is 23.4 Å². The van der Waals surface area contributed by atoms with Gasteiger partial charge < -0.3 is 14.2 Å². The van der Waals surface area contributed by atoms with Gasteiger partial charge in [-0.25, -0.2) is 0 Å². The maximum atomic E-state index is 12.7. The van der Waals surface area contributed by atoms with Gasteiger partial charge in [0.15, 0.2) is 11.0 Å². The Kier molecular flexibility index (Phi) is 7.17. The number of carbonyl (C=O) groups excluding carboxylic acids is 1. The summed E-state index contributed by atoms with van der Waals surface area (Å²) in [7, 11) is 3.68. The van der Waals surface area contributed by atoms with E-state index in [1.807, 2.05) is 55.9 Å². The molecule has 0 bridgehead atoms. The zero-order valence-corrected chi connectivity index (χ0v) is 18.2. The van der Waals surface area contributed by atoms with Crippen LogP contribution in [0.4, 0.5) is 0 Å². The van der Waals surface area contributed by atoms with Gasteiger partial charge in [-0.1, -0.05) is 53.7 Å². The summed E-state index contributed by atoms with van der Waals surface area (Å²) < 4.78 is 7.58. The fourth-order valence-electron chi connectivity index (χ4n) is 2.71. The highest BCUT2D eigenvalue weighted by Gasteiger charge is 2.22. The van der Waals surface area contributed by atoms with Crippen molar-refractivity contribution >= 4 is 29.3 Å². The molecule has 29 heavy (non-hydrogen) atoms. The van der Waals surface area contributed by atoms with Crippen molar-refractivity contribution in [2.75, 3.05) is 7.05 Å². The molecule has 0 N–H and O–H groups in total. The number of carbonyl (C=O) groups is 1. The second-order valence-corrected chi connectivity index (χ2v) is 8.38. The molecule has 1 atom stereocenters. The molecule has 1 amide bonds. The number of ether oxygens (including phenoxy) is 1. The van der Waals surface area contributed by atoms with E-state index >= 15 is 0 Å². The number of thioether (sulfide) groups is 1. The Morgan fingerprint density at radius 1 is 1.17 bits per heavy atom. The van der Waals surface area contributed by atoms with Crippen LogP contribution in [0.1, 0.15) is 18.3 Å². The molecule has 6 nitrogen and oxygen atoms in total. The van der Waals surface area contributed by atoms with Crippen LogP contribution < -0.4 is 4.74 Å². The molecule has 152 valence electrons. The zero-order chi connectivity index (χ0) is 20.8. The van der Waals surface area contributed by atoms with Gasteiger partial charge in [-0.05, 0) is 36.8 Å². The summed E-state index contributed by atoms with van der Waals surface area (Å²) >= 11 is 7.27. The summed E-state index contributed by atoms with van der Waals surface area (Å²) in [6.07, 6.45) is 0. The molecule has 0 aliphatic heterocycles. The van der Waals surface area contributed by atoms with Gasteiger partial charge in [0.05, 0.1) is 5.25 Å². The van der Waals surface area contributed by atoms with E-state index in [1.165, 1.54) is 11.8 Å². The van der Waals surface area contributed by atoms with Crippen molar-refractivity contribution in [3.8, 4) is 5.75 Å². The van der Waals surface area contributed by atoms with Gasteiger partial charge in [-0.2, -0.15) is 0 Å². The number of amides is 1. The van der Waals surface area contributed by atoms with Crippen LogP contribution in [-0.4, -0.2) is 37.9 Å². The molecule has 3 rings (SSSR count). The Morgan fingerprint density at radius 3 is 2.55 bits per heavy atom. The largest absolute Gasteiger partial charge is 0.486 e. The van der Waals surface area contributed by atoms with Crippen LogP contribution in [0.5, 0.6) is 5.75 Å². The number of rotatable bonds is 8. The minimum absolute atomic E-state index is 0.0424. The smallest absolute Gasteiger partial charge is 0.235 e. The van der Waals surface area contributed by atoms with Crippen molar-refractivity contribution in [2.45, 2.75) is 30.5 Å². The van der Waals surface area contributed by atoms with Gasteiger partial charge >= 0.3 is 0 Å². The predicted molar refractivity (Wildman–Crippen MR) is 115 cm³/mol. The average Bonchev–Trinajstić information content (AvgIpc) is 3.07. The summed E-state index contributed by atoms with van der Waals surface area (Å²) in [4.78, 5) is 14.5. The number of benzene rings is 2. The van der Waals surface area contributed by atoms with Crippen molar-refractivity contribution in [1.29, 1.82) is 0 Å². The highest BCUT2D eigenvalue weighted by Crippen LogP contribution is 2.24. The lowest BCUT2D eigenvalue weighted by molar-refractivity contribution is -0.129.